The average molecular weight is 463 g/mol. The second-order valence-corrected chi connectivity index (χ2v) is 8.19. The van der Waals surface area contributed by atoms with E-state index in [1.165, 1.54) is 0 Å². The second-order valence-electron chi connectivity index (χ2n) is 8.19. The van der Waals surface area contributed by atoms with E-state index in [4.69, 9.17) is 14.1 Å². The minimum absolute atomic E-state index is 0.175. The van der Waals surface area contributed by atoms with Gasteiger partial charge in [-0.1, -0.05) is 48.5 Å². The number of carbonyl (C=O) groups excluding carboxylic acids is 1. The van der Waals surface area contributed by atoms with Crippen molar-refractivity contribution in [2.75, 3.05) is 7.11 Å². The van der Waals surface area contributed by atoms with Gasteiger partial charge in [-0.25, -0.2) is 0 Å². The molecule has 5 aromatic rings. The summed E-state index contributed by atoms with van der Waals surface area (Å²) in [5, 5.41) is 12.4. The minimum Gasteiger partial charge on any atom is -0.497 e. The van der Waals surface area contributed by atoms with Crippen molar-refractivity contribution in [3.05, 3.63) is 107 Å². The van der Waals surface area contributed by atoms with Gasteiger partial charge in [0, 0.05) is 16.5 Å². The summed E-state index contributed by atoms with van der Waals surface area (Å²) >= 11 is 0. The number of rotatable bonds is 4. The van der Waals surface area contributed by atoms with Gasteiger partial charge in [-0.05, 0) is 37.3 Å². The Kier molecular flexibility index (Phi) is 4.92. The molecule has 3 aromatic carbocycles. The molecule has 0 spiro atoms. The number of aryl methyl sites for hydroxylation is 1. The molecule has 2 aromatic heterocycles. The summed E-state index contributed by atoms with van der Waals surface area (Å²) < 4.78 is 13.0. The Hall–Kier alpha value is -4.72. The number of benzene rings is 3. The van der Waals surface area contributed by atoms with Gasteiger partial charge in [0.25, 0.3) is 5.91 Å². The zero-order valence-electron chi connectivity index (χ0n) is 19.1. The van der Waals surface area contributed by atoms with E-state index in [1.807, 2.05) is 72.2 Å². The molecular formula is C27H21N5O3. The lowest BCUT2D eigenvalue weighted by Crippen LogP contribution is -2.29. The zero-order valence-corrected chi connectivity index (χ0v) is 19.1. The van der Waals surface area contributed by atoms with Gasteiger partial charge in [0.05, 0.1) is 18.5 Å². The summed E-state index contributed by atoms with van der Waals surface area (Å²) in [6, 6.07) is 24.9. The SMILES string of the molecule is COc1ccc2oc(C(=O)NC3N=C(c4ccccc4)c4ccccc4-n4c(C)nnc43)cc2c1. The first kappa shape index (κ1) is 20.9. The maximum absolute atomic E-state index is 13.3. The highest BCUT2D eigenvalue weighted by atomic mass is 16.5. The van der Waals surface area contributed by atoms with Crippen molar-refractivity contribution in [1.82, 2.24) is 20.1 Å². The fraction of sp³-hybridized carbons (Fsp3) is 0.111. The van der Waals surface area contributed by atoms with Gasteiger partial charge >= 0.3 is 0 Å². The molecule has 0 bridgehead atoms. The van der Waals surface area contributed by atoms with Crippen molar-refractivity contribution in [1.29, 1.82) is 0 Å². The molecule has 1 N–H and O–H groups in total. The van der Waals surface area contributed by atoms with Crippen LogP contribution < -0.4 is 10.1 Å². The van der Waals surface area contributed by atoms with Crippen LogP contribution in [0.3, 0.4) is 0 Å². The quantitative estimate of drug-likeness (QED) is 0.420. The fourth-order valence-electron chi connectivity index (χ4n) is 4.36. The minimum atomic E-state index is -0.783. The molecular weight excluding hydrogens is 442 g/mol. The number of carbonyl (C=O) groups is 1. The van der Waals surface area contributed by atoms with Crippen molar-refractivity contribution < 1.29 is 13.9 Å². The third kappa shape index (κ3) is 3.56. The van der Waals surface area contributed by atoms with Crippen LogP contribution in [-0.2, 0) is 0 Å². The van der Waals surface area contributed by atoms with Crippen LogP contribution in [0.5, 0.6) is 5.75 Å². The lowest BCUT2D eigenvalue weighted by Gasteiger charge is -2.13. The van der Waals surface area contributed by atoms with Gasteiger partial charge in [0.15, 0.2) is 17.8 Å². The molecule has 1 aliphatic rings. The van der Waals surface area contributed by atoms with E-state index in [9.17, 15) is 4.79 Å². The monoisotopic (exact) mass is 463 g/mol. The summed E-state index contributed by atoms with van der Waals surface area (Å²) in [5.74, 6) is 1.68. The van der Waals surface area contributed by atoms with Crippen molar-refractivity contribution in [2.45, 2.75) is 13.1 Å². The highest BCUT2D eigenvalue weighted by Crippen LogP contribution is 2.30. The molecule has 0 radical (unpaired) electrons. The number of nitrogens with one attached hydrogen (secondary N) is 1. The summed E-state index contributed by atoms with van der Waals surface area (Å²) in [5.41, 5.74) is 4.12. The molecule has 0 saturated heterocycles. The number of aromatic nitrogens is 3. The number of hydrogen-bond acceptors (Lipinski definition) is 6. The third-order valence-electron chi connectivity index (χ3n) is 6.02. The van der Waals surface area contributed by atoms with Crippen LogP contribution in [0.1, 0.15) is 39.5 Å². The molecule has 8 nitrogen and oxygen atoms in total. The fourth-order valence-corrected chi connectivity index (χ4v) is 4.36. The normalized spacial score (nSPS) is 14.6. The Morgan fingerprint density at radius 2 is 1.80 bits per heavy atom. The van der Waals surface area contributed by atoms with Crippen molar-refractivity contribution in [3.8, 4) is 11.4 Å². The first-order valence-corrected chi connectivity index (χ1v) is 11.2. The highest BCUT2D eigenvalue weighted by molar-refractivity contribution is 6.15. The van der Waals surface area contributed by atoms with Gasteiger partial charge < -0.3 is 14.5 Å². The van der Waals surface area contributed by atoms with Crippen molar-refractivity contribution in [2.24, 2.45) is 4.99 Å². The molecule has 1 amide bonds. The van der Waals surface area contributed by atoms with Crippen LogP contribution in [0, 0.1) is 6.92 Å². The van der Waals surface area contributed by atoms with E-state index in [0.29, 0.717) is 23.0 Å². The van der Waals surface area contributed by atoms with E-state index >= 15 is 0 Å². The van der Waals surface area contributed by atoms with Crippen LogP contribution in [0.2, 0.25) is 0 Å². The van der Waals surface area contributed by atoms with Crippen LogP contribution in [0.15, 0.2) is 88.3 Å². The predicted octanol–water partition coefficient (Wildman–Crippen LogP) is 4.61. The summed E-state index contributed by atoms with van der Waals surface area (Å²) in [7, 11) is 1.60. The number of para-hydroxylation sites is 1. The molecule has 0 aliphatic carbocycles. The van der Waals surface area contributed by atoms with E-state index < -0.39 is 12.1 Å². The number of methoxy groups -OCH3 is 1. The summed E-state index contributed by atoms with van der Waals surface area (Å²) in [4.78, 5) is 18.3. The first-order valence-electron chi connectivity index (χ1n) is 11.2. The van der Waals surface area contributed by atoms with E-state index in [2.05, 4.69) is 15.5 Å². The summed E-state index contributed by atoms with van der Waals surface area (Å²) in [6.45, 7) is 1.88. The van der Waals surface area contributed by atoms with E-state index in [1.54, 1.807) is 25.3 Å². The van der Waals surface area contributed by atoms with Crippen LogP contribution in [0.25, 0.3) is 16.7 Å². The third-order valence-corrected chi connectivity index (χ3v) is 6.02. The van der Waals surface area contributed by atoms with Crippen LogP contribution in [-0.4, -0.2) is 33.5 Å². The average Bonchev–Trinajstić information content (AvgIpc) is 3.46. The molecule has 0 fully saturated rings. The Morgan fingerprint density at radius 1 is 1.00 bits per heavy atom. The molecule has 172 valence electrons. The molecule has 1 unspecified atom stereocenters. The zero-order chi connectivity index (χ0) is 23.9. The summed E-state index contributed by atoms with van der Waals surface area (Å²) in [6.07, 6.45) is -0.783. The smallest absolute Gasteiger partial charge is 0.289 e. The Morgan fingerprint density at radius 3 is 2.63 bits per heavy atom. The van der Waals surface area contributed by atoms with Crippen molar-refractivity contribution in [3.63, 3.8) is 0 Å². The molecule has 35 heavy (non-hydrogen) atoms. The number of aliphatic imine (C=N–C) groups is 1. The van der Waals surface area contributed by atoms with Gasteiger partial charge in [0.1, 0.15) is 17.2 Å². The predicted molar refractivity (Wildman–Crippen MR) is 131 cm³/mol. The van der Waals surface area contributed by atoms with E-state index in [-0.39, 0.29) is 5.76 Å². The van der Waals surface area contributed by atoms with Crippen LogP contribution in [0.4, 0.5) is 0 Å². The number of fused-ring (bicyclic) bond motifs is 4. The molecule has 1 aliphatic heterocycles. The Balaban J connectivity index is 1.46. The molecule has 6 rings (SSSR count). The molecule has 8 heteroatoms. The first-order chi connectivity index (χ1) is 17.1. The van der Waals surface area contributed by atoms with Gasteiger partial charge in [-0.15, -0.1) is 10.2 Å². The van der Waals surface area contributed by atoms with Gasteiger partial charge in [0.2, 0.25) is 0 Å². The second kappa shape index (κ2) is 8.25. The van der Waals surface area contributed by atoms with Crippen LogP contribution >= 0.6 is 0 Å². The standard InChI is InChI=1S/C27H21N5O3/c1-16-30-31-26-25(29-27(33)23-15-18-14-19(34-2)12-13-22(18)35-23)28-24(17-8-4-3-5-9-17)20-10-6-7-11-21(20)32(16)26/h3-15,25H,1-2H3,(H,29,33). The Labute approximate surface area is 200 Å². The topological polar surface area (TPSA) is 94.5 Å². The number of hydrogen-bond donors (Lipinski definition) is 1. The molecule has 0 saturated carbocycles. The lowest BCUT2D eigenvalue weighted by molar-refractivity contribution is 0.0910. The number of furan rings is 1. The number of nitrogens with zero attached hydrogens (tertiary/aromatic N) is 4. The van der Waals surface area contributed by atoms with Gasteiger partial charge in [-0.2, -0.15) is 0 Å². The van der Waals surface area contributed by atoms with Gasteiger partial charge in [-0.3, -0.25) is 14.4 Å². The molecule has 1 atom stereocenters. The maximum Gasteiger partial charge on any atom is 0.289 e. The highest BCUT2D eigenvalue weighted by Gasteiger charge is 2.30. The maximum atomic E-state index is 13.3. The number of ether oxygens (including phenoxy) is 1. The Bertz CT molecular complexity index is 1600. The molecule has 3 heterocycles. The van der Waals surface area contributed by atoms with E-state index in [0.717, 1.165) is 27.9 Å². The largest absolute Gasteiger partial charge is 0.497 e. The lowest BCUT2D eigenvalue weighted by atomic mass is 10.0. The number of amides is 1. The van der Waals surface area contributed by atoms with Crippen molar-refractivity contribution >= 4 is 22.6 Å².